The molecular formula is C13H24I3O3S+. The van der Waals surface area contributed by atoms with E-state index in [9.17, 15) is 9.59 Å². The molecule has 1 aliphatic rings. The van der Waals surface area contributed by atoms with Crippen molar-refractivity contribution in [3.63, 3.8) is 0 Å². The van der Waals surface area contributed by atoms with Gasteiger partial charge in [0.2, 0.25) is 0 Å². The monoisotopic (exact) mass is 641 g/mol. The van der Waals surface area contributed by atoms with Crippen molar-refractivity contribution >= 4 is 84.9 Å². The number of halogens is 3. The van der Waals surface area contributed by atoms with E-state index < -0.39 is 11.9 Å². The molecule has 20 heavy (non-hydrogen) atoms. The molecule has 0 aromatic carbocycles. The van der Waals surface area contributed by atoms with Gasteiger partial charge >= 0.3 is 13.4 Å². The molecule has 0 aliphatic carbocycles. The molecule has 0 aromatic heterocycles. The Morgan fingerprint density at radius 3 is 1.65 bits per heavy atom. The fourth-order valence-electron chi connectivity index (χ4n) is 0.470. The average molecular weight is 641 g/mol. The molecule has 1 atom stereocenters. The van der Waals surface area contributed by atoms with E-state index in [0.717, 1.165) is 17.4 Å². The predicted octanol–water partition coefficient (Wildman–Crippen LogP) is 5.86. The summed E-state index contributed by atoms with van der Waals surface area (Å²) in [6, 6.07) is 0. The van der Waals surface area contributed by atoms with Crippen molar-refractivity contribution in [3.8, 4) is 0 Å². The van der Waals surface area contributed by atoms with Crippen LogP contribution >= 0.6 is 73.0 Å². The molecule has 0 radical (unpaired) electrons. The minimum Gasteiger partial charge on any atom is -0.387 e. The Morgan fingerprint density at radius 2 is 1.60 bits per heavy atom. The predicted molar refractivity (Wildman–Crippen MR) is 119 cm³/mol. The lowest BCUT2D eigenvalue weighted by atomic mass is 10.4. The van der Waals surface area contributed by atoms with Crippen LogP contribution in [0.1, 0.15) is 35.5 Å². The summed E-state index contributed by atoms with van der Waals surface area (Å²) in [4.78, 5) is 19.8. The third-order valence-corrected chi connectivity index (χ3v) is 3.01. The number of ether oxygens (including phenoxy) is 1. The van der Waals surface area contributed by atoms with E-state index in [1.54, 1.807) is 0 Å². The van der Waals surface area contributed by atoms with Crippen molar-refractivity contribution in [2.24, 2.45) is 0 Å². The van der Waals surface area contributed by atoms with Gasteiger partial charge in [0.1, 0.15) is 0 Å². The van der Waals surface area contributed by atoms with Crippen LogP contribution in [-0.4, -0.2) is 23.4 Å². The van der Waals surface area contributed by atoms with Crippen LogP contribution in [0.5, 0.6) is 0 Å². The number of cyclic esters (lactones) is 2. The number of hydrogen-bond acceptors (Lipinski definition) is 4. The molecule has 0 bridgehead atoms. The molecule has 1 aliphatic heterocycles. The number of allylic oxidation sites excluding steroid dienone is 2. The van der Waals surface area contributed by atoms with Crippen molar-refractivity contribution in [2.45, 2.75) is 39.4 Å². The molecule has 0 fully saturated rings. The summed E-state index contributed by atoms with van der Waals surface area (Å²) >= 11 is 6.16. The maximum atomic E-state index is 9.92. The quantitative estimate of drug-likeness (QED) is 0.164. The second-order valence-electron chi connectivity index (χ2n) is 3.19. The largest absolute Gasteiger partial charge is 1.00 e. The van der Waals surface area contributed by atoms with Gasteiger partial charge in [0.25, 0.3) is 0 Å². The molecule has 0 N–H and O–H groups in total. The molecule has 1 rings (SSSR count). The number of carbonyl (C=O) groups is 2. The number of rotatable bonds is 2. The summed E-state index contributed by atoms with van der Waals surface area (Å²) in [5.41, 5.74) is 0. The highest BCUT2D eigenvalue weighted by atomic mass is 128. The summed E-state index contributed by atoms with van der Waals surface area (Å²) in [6.07, 6.45) is 9.61. The van der Waals surface area contributed by atoms with E-state index in [4.69, 9.17) is 0 Å². The Labute approximate surface area is 168 Å². The molecule has 0 spiro atoms. The van der Waals surface area contributed by atoms with Crippen LogP contribution in [0.2, 0.25) is 0 Å². The van der Waals surface area contributed by atoms with Crippen molar-refractivity contribution in [2.75, 3.05) is 6.26 Å². The van der Waals surface area contributed by atoms with Crippen LogP contribution < -0.4 is 0 Å². The summed E-state index contributed by atoms with van der Waals surface area (Å²) < 4.78 is 3.97. The second kappa shape index (κ2) is 25.1. The van der Waals surface area contributed by atoms with Gasteiger partial charge in [-0.15, -0.1) is 24.0 Å². The number of esters is 2. The Kier molecular flexibility index (Phi) is 36.7. The highest BCUT2D eigenvalue weighted by molar-refractivity contribution is 15.0. The van der Waals surface area contributed by atoms with E-state index in [-0.39, 0.29) is 25.4 Å². The second-order valence-corrected chi connectivity index (χ2v) is 4.47. The minimum atomic E-state index is -0.579. The number of thioether (sulfide) groups is 1. The van der Waals surface area contributed by atoms with E-state index in [1.807, 2.05) is 37.8 Å². The summed E-state index contributed by atoms with van der Waals surface area (Å²) in [7, 11) is 0. The molecule has 1 heterocycles. The molecular weight excluding hydrogens is 617 g/mol. The zero-order valence-electron chi connectivity index (χ0n) is 13.4. The topological polar surface area (TPSA) is 43.4 Å². The van der Waals surface area contributed by atoms with Gasteiger partial charge in [-0.25, -0.2) is 9.59 Å². The first kappa shape index (κ1) is 29.2. The van der Waals surface area contributed by atoms with E-state index >= 15 is 0 Å². The van der Waals surface area contributed by atoms with Crippen LogP contribution in [0.15, 0.2) is 24.3 Å². The Hall–Kier alpha value is 1.16. The number of hydrogen-bond donors (Lipinski definition) is 0. The lowest BCUT2D eigenvalue weighted by molar-refractivity contribution is -0.150. The van der Waals surface area contributed by atoms with Gasteiger partial charge in [0.05, 0.1) is 0 Å². The van der Waals surface area contributed by atoms with Gasteiger partial charge in [-0.2, -0.15) is 11.8 Å². The number of carbonyl (C=O) groups excluding carboxylic acids is 2. The first-order valence-corrected chi connectivity index (χ1v) is 13.3. The third kappa shape index (κ3) is 27.5. The highest BCUT2D eigenvalue weighted by Gasteiger charge is 2.10. The molecule has 0 saturated heterocycles. The van der Waals surface area contributed by atoms with Crippen LogP contribution in [0.4, 0.5) is 0 Å². The van der Waals surface area contributed by atoms with Crippen molar-refractivity contribution in [1.29, 1.82) is 0 Å². The molecule has 7 heteroatoms. The molecule has 120 valence electrons. The van der Waals surface area contributed by atoms with E-state index in [0.29, 0.717) is 0 Å². The fraction of sp³-hybridized carbons (Fsp3) is 0.538. The first-order valence-electron chi connectivity index (χ1n) is 5.69. The normalized spacial score (nSPS) is 12.8. The molecule has 1 unspecified atom stereocenters. The van der Waals surface area contributed by atoms with E-state index in [1.165, 1.54) is 6.42 Å². The van der Waals surface area contributed by atoms with Gasteiger partial charge < -0.3 is 4.74 Å². The molecule has 3 nitrogen and oxygen atoms in total. The van der Waals surface area contributed by atoms with Crippen molar-refractivity contribution < 1.29 is 15.8 Å². The fourth-order valence-corrected chi connectivity index (χ4v) is 0.803. The smallest absolute Gasteiger partial charge is 0.387 e. The molecule has 0 amide bonds. The maximum Gasteiger partial charge on any atom is 1.00 e. The van der Waals surface area contributed by atoms with Crippen molar-refractivity contribution in [1.82, 2.24) is 0 Å². The van der Waals surface area contributed by atoms with Gasteiger partial charge in [0, 0.05) is 54.6 Å². The maximum absolute atomic E-state index is 9.92. The molecule has 0 saturated carbocycles. The first-order chi connectivity index (χ1) is 9.01. The highest BCUT2D eigenvalue weighted by Crippen LogP contribution is 2.06. The Bertz CT molecular complexity index is 264. The van der Waals surface area contributed by atoms with Crippen LogP contribution in [0, 0.1) is 0 Å². The Morgan fingerprint density at radius 1 is 1.25 bits per heavy atom. The zero-order valence-corrected chi connectivity index (χ0v) is 19.9. The SMILES string of the molecule is C/C=C\C.CCC(C)SC.I.II.O=C1C=CC(=O)O1.[H+]. The van der Waals surface area contributed by atoms with Gasteiger partial charge in [0.15, 0.2) is 0 Å². The Balaban J connectivity index is -0.0000000567. The minimum absolute atomic E-state index is 0. The van der Waals surface area contributed by atoms with Gasteiger partial charge in [-0.05, 0) is 26.5 Å². The van der Waals surface area contributed by atoms with Crippen LogP contribution in [0.25, 0.3) is 0 Å². The van der Waals surface area contributed by atoms with Gasteiger partial charge in [-0.3, -0.25) is 0 Å². The van der Waals surface area contributed by atoms with Crippen molar-refractivity contribution in [3.05, 3.63) is 24.3 Å². The summed E-state index contributed by atoms with van der Waals surface area (Å²) in [5.74, 6) is -1.16. The summed E-state index contributed by atoms with van der Waals surface area (Å²) in [6.45, 7) is 8.45. The van der Waals surface area contributed by atoms with Crippen LogP contribution in [0.3, 0.4) is 0 Å². The third-order valence-electron chi connectivity index (χ3n) is 1.87. The zero-order chi connectivity index (χ0) is 15.7. The van der Waals surface area contributed by atoms with Crippen LogP contribution in [-0.2, 0) is 14.3 Å². The standard InChI is InChI=1S/C5H12S.C4H2O3.C4H8.I2.HI/c1-4-5(2)6-3;5-3-1-2-4(6)7-3;1-3-4-2;1-2;/h5H,4H2,1-3H3;1-2H;3-4H,1-2H3;;1H/p+1/b;;4-3-;;. The lowest BCUT2D eigenvalue weighted by Gasteiger charge is -1.98. The molecule has 0 aromatic rings. The lowest BCUT2D eigenvalue weighted by Crippen LogP contribution is -1.96. The van der Waals surface area contributed by atoms with Gasteiger partial charge in [-0.1, -0.05) is 26.0 Å². The summed E-state index contributed by atoms with van der Waals surface area (Å²) in [5, 5.41) is 0.852. The average Bonchev–Trinajstić information content (AvgIpc) is 2.84. The van der Waals surface area contributed by atoms with E-state index in [2.05, 4.69) is 62.1 Å².